The van der Waals surface area contributed by atoms with Crippen molar-refractivity contribution in [2.45, 2.75) is 23.8 Å². The van der Waals surface area contributed by atoms with Gasteiger partial charge < -0.3 is 5.32 Å². The molecule has 0 radical (unpaired) electrons. The molecule has 1 aliphatic rings. The molecule has 106 valence electrons. The number of sulfonamides is 1. The Hall–Kier alpha value is -1.43. The summed E-state index contributed by atoms with van der Waals surface area (Å²) in [5.74, 6) is 0. The van der Waals surface area contributed by atoms with E-state index in [0.717, 1.165) is 30.2 Å². The van der Waals surface area contributed by atoms with Crippen molar-refractivity contribution in [3.8, 4) is 0 Å². The van der Waals surface area contributed by atoms with Crippen LogP contribution in [0.15, 0.2) is 47.4 Å². The van der Waals surface area contributed by atoms with E-state index in [4.69, 9.17) is 0 Å². The Morgan fingerprint density at radius 1 is 1.15 bits per heavy atom. The molecule has 2 N–H and O–H groups in total. The first-order valence-electron chi connectivity index (χ1n) is 6.88. The fourth-order valence-electron chi connectivity index (χ4n) is 2.65. The van der Waals surface area contributed by atoms with Gasteiger partial charge in [0.05, 0.1) is 4.90 Å². The Balaban J connectivity index is 1.88. The normalized spacial score (nSPS) is 19.5. The van der Waals surface area contributed by atoms with Gasteiger partial charge in [-0.3, -0.25) is 0 Å². The second-order valence-electron chi connectivity index (χ2n) is 5.12. The maximum absolute atomic E-state index is 12.5. The highest BCUT2D eigenvalue weighted by Crippen LogP contribution is 2.22. The van der Waals surface area contributed by atoms with Crippen LogP contribution < -0.4 is 10.0 Å². The van der Waals surface area contributed by atoms with E-state index in [1.807, 2.05) is 30.3 Å². The van der Waals surface area contributed by atoms with Crippen LogP contribution in [0.25, 0.3) is 10.8 Å². The fraction of sp³-hybridized carbons (Fsp3) is 0.333. The van der Waals surface area contributed by atoms with Gasteiger partial charge in [0.15, 0.2) is 0 Å². The molecule has 4 nitrogen and oxygen atoms in total. The molecule has 1 saturated heterocycles. The maximum Gasteiger partial charge on any atom is 0.241 e. The lowest BCUT2D eigenvalue weighted by atomic mass is 10.1. The van der Waals surface area contributed by atoms with Crippen molar-refractivity contribution in [1.29, 1.82) is 0 Å². The summed E-state index contributed by atoms with van der Waals surface area (Å²) in [6, 6.07) is 13.2. The van der Waals surface area contributed by atoms with Crippen molar-refractivity contribution >= 4 is 20.8 Å². The smallest absolute Gasteiger partial charge is 0.241 e. The van der Waals surface area contributed by atoms with Crippen LogP contribution in [0.1, 0.15) is 12.8 Å². The van der Waals surface area contributed by atoms with Gasteiger partial charge in [0.2, 0.25) is 10.0 Å². The topological polar surface area (TPSA) is 58.2 Å². The maximum atomic E-state index is 12.5. The highest BCUT2D eigenvalue weighted by atomic mass is 32.2. The predicted molar refractivity (Wildman–Crippen MR) is 80.2 cm³/mol. The average Bonchev–Trinajstić information content (AvgIpc) is 2.98. The summed E-state index contributed by atoms with van der Waals surface area (Å²) in [5, 5.41) is 5.00. The molecule has 5 heteroatoms. The highest BCUT2D eigenvalue weighted by Gasteiger charge is 2.20. The van der Waals surface area contributed by atoms with Gasteiger partial charge in [0.25, 0.3) is 0 Å². The van der Waals surface area contributed by atoms with E-state index in [1.54, 1.807) is 12.1 Å². The van der Waals surface area contributed by atoms with E-state index in [1.165, 1.54) is 0 Å². The van der Waals surface area contributed by atoms with Gasteiger partial charge in [-0.15, -0.1) is 0 Å². The first kappa shape index (κ1) is 13.5. The Labute approximate surface area is 119 Å². The van der Waals surface area contributed by atoms with Crippen molar-refractivity contribution in [3.63, 3.8) is 0 Å². The summed E-state index contributed by atoms with van der Waals surface area (Å²) in [7, 11) is -3.46. The molecule has 3 rings (SSSR count). The second-order valence-corrected chi connectivity index (χ2v) is 6.86. The molecule has 0 aromatic heterocycles. The van der Waals surface area contributed by atoms with Gasteiger partial charge >= 0.3 is 0 Å². The molecule has 1 unspecified atom stereocenters. The minimum absolute atomic E-state index is 0.250. The molecular weight excluding hydrogens is 272 g/mol. The van der Waals surface area contributed by atoms with Crippen LogP contribution in [-0.4, -0.2) is 27.5 Å². The molecule has 1 atom stereocenters. The molecule has 0 bridgehead atoms. The third-order valence-corrected chi connectivity index (χ3v) is 5.20. The Morgan fingerprint density at radius 3 is 2.75 bits per heavy atom. The van der Waals surface area contributed by atoms with Crippen molar-refractivity contribution in [1.82, 2.24) is 10.0 Å². The van der Waals surface area contributed by atoms with Crippen LogP contribution in [0.2, 0.25) is 0 Å². The molecule has 0 spiro atoms. The first-order valence-corrected chi connectivity index (χ1v) is 8.36. The Bertz CT molecular complexity index is 701. The average molecular weight is 290 g/mol. The molecule has 1 heterocycles. The molecule has 2 aromatic rings. The third-order valence-electron chi connectivity index (χ3n) is 3.72. The zero-order valence-corrected chi connectivity index (χ0v) is 12.0. The van der Waals surface area contributed by atoms with E-state index >= 15 is 0 Å². The minimum atomic E-state index is -3.46. The molecule has 20 heavy (non-hydrogen) atoms. The summed E-state index contributed by atoms with van der Waals surface area (Å²) in [6.07, 6.45) is 2.14. The van der Waals surface area contributed by atoms with Gasteiger partial charge in [-0.2, -0.15) is 0 Å². The SMILES string of the molecule is O=S(=O)(NCC1CCCN1)c1cccc2ccccc12. The van der Waals surface area contributed by atoms with Crippen LogP contribution in [0.5, 0.6) is 0 Å². The number of nitrogens with one attached hydrogen (secondary N) is 2. The van der Waals surface area contributed by atoms with Gasteiger partial charge in [-0.25, -0.2) is 13.1 Å². The predicted octanol–water partition coefficient (Wildman–Crippen LogP) is 1.87. The molecule has 1 fully saturated rings. The monoisotopic (exact) mass is 290 g/mol. The van der Waals surface area contributed by atoms with Crippen LogP contribution in [0.3, 0.4) is 0 Å². The highest BCUT2D eigenvalue weighted by molar-refractivity contribution is 7.89. The minimum Gasteiger partial charge on any atom is -0.313 e. The zero-order valence-electron chi connectivity index (χ0n) is 11.2. The van der Waals surface area contributed by atoms with Crippen LogP contribution in [-0.2, 0) is 10.0 Å². The van der Waals surface area contributed by atoms with Gasteiger partial charge in [0.1, 0.15) is 0 Å². The summed E-state index contributed by atoms with van der Waals surface area (Å²) in [5.41, 5.74) is 0. The fourth-order valence-corrected chi connectivity index (χ4v) is 3.96. The molecule has 0 amide bonds. The van der Waals surface area contributed by atoms with Crippen LogP contribution >= 0.6 is 0 Å². The van der Waals surface area contributed by atoms with Crippen LogP contribution in [0, 0.1) is 0 Å². The molecule has 1 aliphatic heterocycles. The van der Waals surface area contributed by atoms with E-state index in [0.29, 0.717) is 11.4 Å². The number of hydrogen-bond acceptors (Lipinski definition) is 3. The van der Waals surface area contributed by atoms with Crippen molar-refractivity contribution in [3.05, 3.63) is 42.5 Å². The number of fused-ring (bicyclic) bond motifs is 1. The molecule has 0 aliphatic carbocycles. The first-order chi connectivity index (χ1) is 9.67. The third kappa shape index (κ3) is 2.70. The van der Waals surface area contributed by atoms with Crippen molar-refractivity contribution in [2.75, 3.05) is 13.1 Å². The van der Waals surface area contributed by atoms with Crippen LogP contribution in [0.4, 0.5) is 0 Å². The lowest BCUT2D eigenvalue weighted by molar-refractivity contribution is 0.552. The molecule has 0 saturated carbocycles. The van der Waals surface area contributed by atoms with Gasteiger partial charge in [-0.1, -0.05) is 36.4 Å². The summed E-state index contributed by atoms with van der Waals surface area (Å²) < 4.78 is 27.6. The van der Waals surface area contributed by atoms with E-state index < -0.39 is 10.0 Å². The number of rotatable bonds is 4. The standard InChI is InChI=1S/C15H18N2O2S/c18-20(19,17-11-13-7-4-10-16-13)15-9-3-6-12-5-1-2-8-14(12)15/h1-3,5-6,8-9,13,16-17H,4,7,10-11H2. The summed E-state index contributed by atoms with van der Waals surface area (Å²) >= 11 is 0. The van der Waals surface area contributed by atoms with E-state index in [-0.39, 0.29) is 6.04 Å². The Kier molecular flexibility index (Phi) is 3.74. The zero-order chi connectivity index (χ0) is 14.0. The van der Waals surface area contributed by atoms with Gasteiger partial charge in [0, 0.05) is 18.0 Å². The Morgan fingerprint density at radius 2 is 1.95 bits per heavy atom. The quantitative estimate of drug-likeness (QED) is 0.904. The number of benzene rings is 2. The van der Waals surface area contributed by atoms with Crippen molar-refractivity contribution in [2.24, 2.45) is 0 Å². The summed E-state index contributed by atoms with van der Waals surface area (Å²) in [6.45, 7) is 1.42. The number of hydrogen-bond donors (Lipinski definition) is 2. The van der Waals surface area contributed by atoms with E-state index in [2.05, 4.69) is 10.0 Å². The molecule has 2 aromatic carbocycles. The summed E-state index contributed by atoms with van der Waals surface area (Å²) in [4.78, 5) is 0.355. The van der Waals surface area contributed by atoms with Gasteiger partial charge in [-0.05, 0) is 30.8 Å². The largest absolute Gasteiger partial charge is 0.313 e. The lowest BCUT2D eigenvalue weighted by Gasteiger charge is -2.13. The second kappa shape index (κ2) is 5.52. The van der Waals surface area contributed by atoms with E-state index in [9.17, 15) is 8.42 Å². The van der Waals surface area contributed by atoms with Crippen molar-refractivity contribution < 1.29 is 8.42 Å². The molecular formula is C15H18N2O2S. The lowest BCUT2D eigenvalue weighted by Crippen LogP contribution is -2.37.